The van der Waals surface area contributed by atoms with Gasteiger partial charge in [0, 0.05) is 36.5 Å². The van der Waals surface area contributed by atoms with Gasteiger partial charge in [-0.2, -0.15) is 0 Å². The predicted molar refractivity (Wildman–Crippen MR) is 96.1 cm³/mol. The first-order valence-corrected chi connectivity index (χ1v) is 7.94. The van der Waals surface area contributed by atoms with Crippen LogP contribution in [0, 0.1) is 0 Å². The zero-order valence-electron chi connectivity index (χ0n) is 14.2. The maximum atomic E-state index is 13.2. The Balaban J connectivity index is 2.04. The summed E-state index contributed by atoms with van der Waals surface area (Å²) in [5.41, 5.74) is 6.57. The second-order valence-electron chi connectivity index (χ2n) is 6.42. The van der Waals surface area contributed by atoms with Crippen molar-refractivity contribution in [2.75, 3.05) is 20.6 Å². The van der Waals surface area contributed by atoms with Gasteiger partial charge in [0.05, 0.1) is 12.1 Å². The highest BCUT2D eigenvalue weighted by atomic mass is 16.1. The van der Waals surface area contributed by atoms with Crippen LogP contribution in [0.2, 0.25) is 0 Å². The normalized spacial score (nSPS) is 19.2. The lowest BCUT2D eigenvalue weighted by Gasteiger charge is -2.20. The van der Waals surface area contributed by atoms with E-state index in [0.717, 1.165) is 28.1 Å². The van der Waals surface area contributed by atoms with Gasteiger partial charge in [0.25, 0.3) is 0 Å². The fraction of sp³-hybridized carbons (Fsp3) is 0.263. The minimum absolute atomic E-state index is 0.00843. The van der Waals surface area contributed by atoms with Gasteiger partial charge < -0.3 is 4.90 Å². The van der Waals surface area contributed by atoms with Crippen molar-refractivity contribution >= 4 is 23.2 Å². The molecule has 2 aliphatic heterocycles. The van der Waals surface area contributed by atoms with E-state index in [4.69, 9.17) is 0 Å². The zero-order valence-corrected chi connectivity index (χ0v) is 14.2. The molecule has 4 rings (SSSR count). The highest BCUT2D eigenvalue weighted by Gasteiger charge is 2.37. The Labute approximate surface area is 140 Å². The van der Waals surface area contributed by atoms with Crippen molar-refractivity contribution in [3.8, 4) is 0 Å². The van der Waals surface area contributed by atoms with Gasteiger partial charge in [0.15, 0.2) is 5.78 Å². The number of aliphatic imine (C=N–C) groups is 3. The Morgan fingerprint density at radius 3 is 2.33 bits per heavy atom. The number of Topliss-reactive ketones (excluding diaryl/α,β-unsaturated/α-hetero) is 1. The van der Waals surface area contributed by atoms with Crippen molar-refractivity contribution in [1.82, 2.24) is 4.90 Å². The van der Waals surface area contributed by atoms with Crippen LogP contribution in [0.4, 0.5) is 0 Å². The zero-order chi connectivity index (χ0) is 17.0. The summed E-state index contributed by atoms with van der Waals surface area (Å²) < 4.78 is 0. The number of carbonyl (C=O) groups is 1. The molecule has 0 amide bonds. The molecule has 0 saturated carbocycles. The van der Waals surface area contributed by atoms with E-state index in [1.165, 1.54) is 0 Å². The molecule has 0 atom stereocenters. The third-order valence-corrected chi connectivity index (χ3v) is 4.53. The first kappa shape index (κ1) is 14.8. The van der Waals surface area contributed by atoms with Crippen LogP contribution >= 0.6 is 0 Å². The molecule has 0 unspecified atom stereocenters. The maximum Gasteiger partial charge on any atom is 0.226 e. The predicted octanol–water partition coefficient (Wildman–Crippen LogP) is 2.65. The highest BCUT2D eigenvalue weighted by molar-refractivity contribution is 6.35. The number of fused-ring (bicyclic) bond motifs is 3. The van der Waals surface area contributed by atoms with Crippen LogP contribution in [0.25, 0.3) is 0 Å². The molecule has 0 bridgehead atoms. The van der Waals surface area contributed by atoms with Crippen LogP contribution in [0.1, 0.15) is 29.8 Å². The Kier molecular flexibility index (Phi) is 3.13. The van der Waals surface area contributed by atoms with Gasteiger partial charge in [-0.1, -0.05) is 24.3 Å². The molecular formula is C19H18N4O. The number of nitrogens with zero attached hydrogens (tertiary/aromatic N) is 4. The molecule has 0 aromatic heterocycles. The van der Waals surface area contributed by atoms with Crippen LogP contribution in [-0.4, -0.2) is 48.7 Å². The van der Waals surface area contributed by atoms with Crippen molar-refractivity contribution in [2.45, 2.75) is 13.8 Å². The van der Waals surface area contributed by atoms with Gasteiger partial charge in [0.1, 0.15) is 11.4 Å². The summed E-state index contributed by atoms with van der Waals surface area (Å²) in [6.45, 7) is 4.62. The lowest BCUT2D eigenvalue weighted by molar-refractivity contribution is 0.103. The molecule has 24 heavy (non-hydrogen) atoms. The van der Waals surface area contributed by atoms with Crippen LogP contribution < -0.4 is 0 Å². The maximum absolute atomic E-state index is 13.2. The highest BCUT2D eigenvalue weighted by Crippen LogP contribution is 2.37. The Bertz CT molecular complexity index is 942. The van der Waals surface area contributed by atoms with E-state index < -0.39 is 0 Å². The monoisotopic (exact) mass is 318 g/mol. The molecule has 0 saturated heterocycles. The topological polar surface area (TPSA) is 57.4 Å². The molecule has 2 heterocycles. The minimum Gasteiger partial charge on any atom is -0.347 e. The molecule has 5 nitrogen and oxygen atoms in total. The Morgan fingerprint density at radius 2 is 1.71 bits per heavy atom. The summed E-state index contributed by atoms with van der Waals surface area (Å²) in [6.07, 6.45) is 0. The smallest absolute Gasteiger partial charge is 0.226 e. The fourth-order valence-corrected chi connectivity index (χ4v) is 3.35. The summed E-state index contributed by atoms with van der Waals surface area (Å²) in [4.78, 5) is 28.9. The summed E-state index contributed by atoms with van der Waals surface area (Å²) in [7, 11) is 3.81. The molecule has 0 N–H and O–H groups in total. The largest absolute Gasteiger partial charge is 0.347 e. The Morgan fingerprint density at radius 1 is 1.00 bits per heavy atom. The molecular weight excluding hydrogens is 300 g/mol. The number of hydrogen-bond donors (Lipinski definition) is 0. The van der Waals surface area contributed by atoms with Crippen molar-refractivity contribution in [3.63, 3.8) is 0 Å². The molecule has 120 valence electrons. The number of benzene rings is 1. The van der Waals surface area contributed by atoms with Gasteiger partial charge in [-0.15, -0.1) is 0 Å². The van der Waals surface area contributed by atoms with E-state index in [1.54, 1.807) is 0 Å². The van der Waals surface area contributed by atoms with Gasteiger partial charge in [-0.25, -0.2) is 9.98 Å². The van der Waals surface area contributed by atoms with E-state index >= 15 is 0 Å². The van der Waals surface area contributed by atoms with Crippen LogP contribution in [0.5, 0.6) is 0 Å². The van der Waals surface area contributed by atoms with E-state index in [9.17, 15) is 4.79 Å². The number of guanidine groups is 1. The molecule has 0 fully saturated rings. The van der Waals surface area contributed by atoms with Gasteiger partial charge in [-0.05, 0) is 19.4 Å². The molecule has 1 aromatic carbocycles. The second kappa shape index (κ2) is 5.09. The van der Waals surface area contributed by atoms with Crippen LogP contribution in [-0.2, 0) is 0 Å². The molecule has 1 aromatic rings. The van der Waals surface area contributed by atoms with E-state index in [2.05, 4.69) is 15.0 Å². The van der Waals surface area contributed by atoms with Gasteiger partial charge in [0.2, 0.25) is 5.96 Å². The SMILES string of the molecule is CC1=NCC(C)=C1C1=C2N=C(N(C)C)N=C2c2ccccc2C1=O. The van der Waals surface area contributed by atoms with Gasteiger partial charge in [-0.3, -0.25) is 9.79 Å². The van der Waals surface area contributed by atoms with E-state index in [0.29, 0.717) is 29.3 Å². The minimum atomic E-state index is 0.00843. The summed E-state index contributed by atoms with van der Waals surface area (Å²) in [5, 5.41) is 0. The fourth-order valence-electron chi connectivity index (χ4n) is 3.35. The van der Waals surface area contributed by atoms with Crippen molar-refractivity contribution in [1.29, 1.82) is 0 Å². The first-order chi connectivity index (χ1) is 11.5. The molecule has 3 aliphatic rings. The average molecular weight is 318 g/mol. The summed E-state index contributed by atoms with van der Waals surface area (Å²) >= 11 is 0. The molecule has 0 radical (unpaired) electrons. The van der Waals surface area contributed by atoms with Crippen molar-refractivity contribution in [2.24, 2.45) is 15.0 Å². The van der Waals surface area contributed by atoms with Crippen LogP contribution in [0.15, 0.2) is 61.7 Å². The average Bonchev–Trinajstić information content (AvgIpc) is 3.14. The molecule has 5 heteroatoms. The van der Waals surface area contributed by atoms with Crippen molar-refractivity contribution in [3.05, 3.63) is 57.8 Å². The third-order valence-electron chi connectivity index (χ3n) is 4.53. The van der Waals surface area contributed by atoms with Crippen molar-refractivity contribution < 1.29 is 4.79 Å². The second-order valence-corrected chi connectivity index (χ2v) is 6.42. The number of ketones is 1. The third kappa shape index (κ3) is 1.94. The standard InChI is InChI=1S/C19H18N4O/c1-10-9-20-11(2)14(10)15-17-16(21-19(22-17)23(3)4)12-7-5-6-8-13(12)18(15)24/h5-8H,9H2,1-4H3. The lowest BCUT2D eigenvalue weighted by Crippen LogP contribution is -2.23. The quantitative estimate of drug-likeness (QED) is 0.799. The van der Waals surface area contributed by atoms with Crippen LogP contribution in [0.3, 0.4) is 0 Å². The number of carbonyl (C=O) groups excluding carboxylic acids is 1. The number of allylic oxidation sites excluding steroid dienone is 3. The number of rotatable bonds is 1. The first-order valence-electron chi connectivity index (χ1n) is 7.94. The number of hydrogen-bond acceptors (Lipinski definition) is 5. The molecule has 0 spiro atoms. The Hall–Kier alpha value is -2.82. The van der Waals surface area contributed by atoms with E-state index in [-0.39, 0.29) is 5.78 Å². The van der Waals surface area contributed by atoms with E-state index in [1.807, 2.05) is 57.1 Å². The van der Waals surface area contributed by atoms with Gasteiger partial charge >= 0.3 is 0 Å². The lowest BCUT2D eigenvalue weighted by atomic mass is 9.82. The summed E-state index contributed by atoms with van der Waals surface area (Å²) in [6, 6.07) is 7.62. The molecule has 1 aliphatic carbocycles. The summed E-state index contributed by atoms with van der Waals surface area (Å²) in [5.74, 6) is 0.627.